The van der Waals surface area contributed by atoms with E-state index in [1.54, 1.807) is 0 Å². The number of benzene rings is 2. The fraction of sp³-hybridized carbons (Fsp3) is 0.346. The Morgan fingerprint density at radius 3 is 2.27 bits per heavy atom. The standard InChI is InChI=1S/C26H25F6N3O5/c27-20(28)13-40-19-4-2-1-3-17(19)21(33)22(36)18(10-34-9-14-11-39-12-14)23(37)35-16-7-5-15(6-8-16)26(38,24(29)30)25(31)32/h1-8,10,14,20,24-25,33,36,38H,9,11-13H2,(H,35,37). The van der Waals surface area contributed by atoms with Gasteiger partial charge in [-0.05, 0) is 29.8 Å². The SMILES string of the molecule is N=C(C(O)=C(C=NCC1COC1)C(=O)Nc1ccc(C(O)(C(F)F)C(F)F)cc1)c1ccccc1OCC(F)F. The number of carbonyl (C=O) groups excluding carboxylic acids is 1. The van der Waals surface area contributed by atoms with E-state index in [-0.39, 0.29) is 29.5 Å². The van der Waals surface area contributed by atoms with Crippen LogP contribution < -0.4 is 10.1 Å². The molecule has 0 spiro atoms. The predicted molar refractivity (Wildman–Crippen MR) is 133 cm³/mol. The summed E-state index contributed by atoms with van der Waals surface area (Å²) in [5.41, 5.74) is -5.87. The van der Waals surface area contributed by atoms with Gasteiger partial charge in [0.2, 0.25) is 5.60 Å². The third-order valence-electron chi connectivity index (χ3n) is 5.82. The van der Waals surface area contributed by atoms with Crippen molar-refractivity contribution in [2.75, 3.05) is 31.7 Å². The first-order valence-corrected chi connectivity index (χ1v) is 11.8. The third-order valence-corrected chi connectivity index (χ3v) is 5.82. The molecular formula is C26H25F6N3O5. The fourth-order valence-electron chi connectivity index (χ4n) is 3.49. The number of allylic oxidation sites excluding steroid dienone is 1. The van der Waals surface area contributed by atoms with Gasteiger partial charge in [0, 0.05) is 29.9 Å². The van der Waals surface area contributed by atoms with E-state index in [2.05, 4.69) is 10.3 Å². The number of aliphatic hydroxyl groups excluding tert-OH is 1. The highest BCUT2D eigenvalue weighted by Crippen LogP contribution is 2.35. The van der Waals surface area contributed by atoms with Crippen LogP contribution in [0.3, 0.4) is 0 Å². The second kappa shape index (κ2) is 13.4. The lowest BCUT2D eigenvalue weighted by atomic mass is 9.94. The lowest BCUT2D eigenvalue weighted by molar-refractivity contribution is -0.183. The van der Waals surface area contributed by atoms with Crippen LogP contribution in [0, 0.1) is 11.3 Å². The minimum atomic E-state index is -3.80. The van der Waals surface area contributed by atoms with E-state index in [0.29, 0.717) is 13.2 Å². The Balaban J connectivity index is 1.90. The summed E-state index contributed by atoms with van der Waals surface area (Å²) in [4.78, 5) is 17.2. The molecule has 216 valence electrons. The number of aliphatic imine (C=N–C) groups is 1. The van der Waals surface area contributed by atoms with E-state index < -0.39 is 60.0 Å². The summed E-state index contributed by atoms with van der Waals surface area (Å²) in [6.45, 7) is 0.125. The lowest BCUT2D eigenvalue weighted by Gasteiger charge is -2.26. The molecular weight excluding hydrogens is 548 g/mol. The summed E-state index contributed by atoms with van der Waals surface area (Å²) < 4.78 is 87.9. The van der Waals surface area contributed by atoms with Crippen molar-refractivity contribution in [3.8, 4) is 5.75 Å². The van der Waals surface area contributed by atoms with Crippen molar-refractivity contribution in [1.82, 2.24) is 0 Å². The number of halogens is 6. The van der Waals surface area contributed by atoms with Gasteiger partial charge in [0.15, 0.2) is 5.76 Å². The molecule has 4 N–H and O–H groups in total. The van der Waals surface area contributed by atoms with E-state index in [9.17, 15) is 41.4 Å². The Morgan fingerprint density at radius 2 is 1.73 bits per heavy atom. The average Bonchev–Trinajstić information content (AvgIpc) is 2.89. The molecule has 2 aromatic rings. The molecule has 3 rings (SSSR count). The van der Waals surface area contributed by atoms with Gasteiger partial charge in [-0.1, -0.05) is 24.3 Å². The second-order valence-electron chi connectivity index (χ2n) is 8.69. The number of carbonyl (C=O) groups is 1. The average molecular weight is 573 g/mol. The smallest absolute Gasteiger partial charge is 0.276 e. The number of anilines is 1. The van der Waals surface area contributed by atoms with Crippen molar-refractivity contribution in [3.63, 3.8) is 0 Å². The molecule has 0 bridgehead atoms. The molecule has 1 saturated heterocycles. The summed E-state index contributed by atoms with van der Waals surface area (Å²) in [6, 6.07) is 9.05. The Hall–Kier alpha value is -3.91. The monoisotopic (exact) mass is 573 g/mol. The number of rotatable bonds is 13. The van der Waals surface area contributed by atoms with Crippen LogP contribution in [0.5, 0.6) is 5.75 Å². The summed E-state index contributed by atoms with van der Waals surface area (Å²) in [5.74, 6) is -1.99. The second-order valence-corrected chi connectivity index (χ2v) is 8.69. The Morgan fingerprint density at radius 1 is 1.10 bits per heavy atom. The molecule has 0 aromatic heterocycles. The molecule has 8 nitrogen and oxygen atoms in total. The maximum atomic E-state index is 13.1. The molecule has 0 unspecified atom stereocenters. The topological polar surface area (TPSA) is 124 Å². The van der Waals surface area contributed by atoms with E-state index in [4.69, 9.17) is 14.9 Å². The zero-order valence-electron chi connectivity index (χ0n) is 20.7. The molecule has 1 amide bonds. The summed E-state index contributed by atoms with van der Waals surface area (Å²) in [5, 5.41) is 31.4. The molecule has 0 radical (unpaired) electrons. The van der Waals surface area contributed by atoms with Gasteiger partial charge in [-0.3, -0.25) is 15.2 Å². The normalized spacial score (nSPS) is 14.9. The van der Waals surface area contributed by atoms with Gasteiger partial charge in [0.1, 0.15) is 23.6 Å². The Bertz CT molecular complexity index is 1240. The number of nitrogens with zero attached hydrogens (tertiary/aromatic N) is 1. The van der Waals surface area contributed by atoms with Crippen LogP contribution in [0.15, 0.2) is 64.9 Å². The highest BCUT2D eigenvalue weighted by atomic mass is 19.3. The van der Waals surface area contributed by atoms with Crippen molar-refractivity contribution in [1.29, 1.82) is 5.41 Å². The fourth-order valence-corrected chi connectivity index (χ4v) is 3.49. The first-order chi connectivity index (χ1) is 18.9. The molecule has 1 aliphatic heterocycles. The maximum Gasteiger partial charge on any atom is 0.276 e. The quantitative estimate of drug-likeness (QED) is 0.121. The third kappa shape index (κ3) is 7.18. The van der Waals surface area contributed by atoms with Crippen molar-refractivity contribution in [2.45, 2.75) is 24.9 Å². The van der Waals surface area contributed by atoms with Crippen LogP contribution in [-0.4, -0.2) is 73.7 Å². The van der Waals surface area contributed by atoms with Crippen LogP contribution in [0.1, 0.15) is 11.1 Å². The van der Waals surface area contributed by atoms with Crippen molar-refractivity contribution < 1.29 is 50.8 Å². The summed E-state index contributed by atoms with van der Waals surface area (Å²) in [7, 11) is 0. The number of nitrogens with one attached hydrogen (secondary N) is 2. The van der Waals surface area contributed by atoms with Gasteiger partial charge in [0.05, 0.1) is 13.2 Å². The molecule has 14 heteroatoms. The van der Waals surface area contributed by atoms with Crippen LogP contribution >= 0.6 is 0 Å². The van der Waals surface area contributed by atoms with Crippen LogP contribution in [-0.2, 0) is 15.1 Å². The van der Waals surface area contributed by atoms with E-state index >= 15 is 0 Å². The number of amides is 1. The first kappa shape index (κ1) is 30.6. The number of hydrogen-bond acceptors (Lipinski definition) is 7. The first-order valence-electron chi connectivity index (χ1n) is 11.8. The van der Waals surface area contributed by atoms with Crippen LogP contribution in [0.25, 0.3) is 0 Å². The molecule has 0 saturated carbocycles. The number of alkyl halides is 6. The summed E-state index contributed by atoms with van der Waals surface area (Å²) >= 11 is 0. The molecule has 0 aliphatic carbocycles. The van der Waals surface area contributed by atoms with Gasteiger partial charge in [0.25, 0.3) is 25.2 Å². The zero-order chi connectivity index (χ0) is 29.4. The van der Waals surface area contributed by atoms with Crippen molar-refractivity contribution in [2.24, 2.45) is 10.9 Å². The van der Waals surface area contributed by atoms with Crippen LogP contribution in [0.2, 0.25) is 0 Å². The maximum absolute atomic E-state index is 13.1. The molecule has 2 aromatic carbocycles. The highest BCUT2D eigenvalue weighted by Gasteiger charge is 2.48. The van der Waals surface area contributed by atoms with Crippen molar-refractivity contribution in [3.05, 3.63) is 71.0 Å². The van der Waals surface area contributed by atoms with E-state index in [0.717, 1.165) is 30.5 Å². The van der Waals surface area contributed by atoms with Gasteiger partial charge in [-0.25, -0.2) is 26.3 Å². The molecule has 1 heterocycles. The minimum Gasteiger partial charge on any atom is -0.505 e. The molecule has 1 aliphatic rings. The van der Waals surface area contributed by atoms with Gasteiger partial charge >= 0.3 is 0 Å². The largest absolute Gasteiger partial charge is 0.505 e. The number of para-hydroxylation sites is 1. The van der Waals surface area contributed by atoms with Crippen molar-refractivity contribution >= 4 is 23.5 Å². The molecule has 1 fully saturated rings. The van der Waals surface area contributed by atoms with Crippen LogP contribution in [0.4, 0.5) is 32.0 Å². The Labute approximate surface area is 224 Å². The highest BCUT2D eigenvalue weighted by molar-refractivity contribution is 6.24. The Kier molecular flexibility index (Phi) is 10.3. The zero-order valence-corrected chi connectivity index (χ0v) is 20.7. The lowest BCUT2D eigenvalue weighted by Crippen LogP contribution is -2.41. The van der Waals surface area contributed by atoms with Gasteiger partial charge < -0.3 is 25.0 Å². The van der Waals surface area contributed by atoms with E-state index in [1.165, 1.54) is 24.3 Å². The van der Waals surface area contributed by atoms with E-state index in [1.807, 2.05) is 0 Å². The number of aliphatic hydroxyl groups is 2. The van der Waals surface area contributed by atoms with Gasteiger partial charge in [-0.15, -0.1) is 0 Å². The number of hydrogen-bond donors (Lipinski definition) is 4. The minimum absolute atomic E-state index is 0.0709. The molecule has 40 heavy (non-hydrogen) atoms. The number of ether oxygens (including phenoxy) is 2. The predicted octanol–water partition coefficient (Wildman–Crippen LogP) is 4.58. The summed E-state index contributed by atoms with van der Waals surface area (Å²) in [6.07, 6.45) is -9.40. The molecule has 0 atom stereocenters. The van der Waals surface area contributed by atoms with Gasteiger partial charge in [-0.2, -0.15) is 0 Å².